The van der Waals surface area contributed by atoms with Gasteiger partial charge in [-0.2, -0.15) is 0 Å². The first-order valence-corrected chi connectivity index (χ1v) is 10.8. The quantitative estimate of drug-likeness (QED) is 0.474. The number of hydrogen-bond donors (Lipinski definition) is 3. The van der Waals surface area contributed by atoms with Crippen LogP contribution in [0.5, 0.6) is 5.75 Å². The SMILES string of the molecule is O=C(COc1ccccc1)NCC(=O)Nc1cccc(NS(=O)(=O)c2ccccc2)c1. The maximum absolute atomic E-state index is 12.4. The molecule has 3 aromatic rings. The Kier molecular flexibility index (Phi) is 7.23. The van der Waals surface area contributed by atoms with Crippen LogP contribution in [0.15, 0.2) is 89.8 Å². The maximum atomic E-state index is 12.4. The number of ether oxygens (including phenoxy) is 1. The molecule has 0 aliphatic rings. The van der Waals surface area contributed by atoms with E-state index >= 15 is 0 Å². The van der Waals surface area contributed by atoms with Crippen LogP contribution in [0, 0.1) is 0 Å². The summed E-state index contributed by atoms with van der Waals surface area (Å²) in [5.41, 5.74) is 0.676. The second kappa shape index (κ2) is 10.3. The summed E-state index contributed by atoms with van der Waals surface area (Å²) < 4.78 is 32.6. The van der Waals surface area contributed by atoms with E-state index in [-0.39, 0.29) is 18.0 Å². The molecule has 0 aliphatic carbocycles. The van der Waals surface area contributed by atoms with Crippen molar-refractivity contribution < 1.29 is 22.7 Å². The summed E-state index contributed by atoms with van der Waals surface area (Å²) in [5, 5.41) is 5.07. The van der Waals surface area contributed by atoms with E-state index in [4.69, 9.17) is 4.74 Å². The van der Waals surface area contributed by atoms with E-state index in [9.17, 15) is 18.0 Å². The van der Waals surface area contributed by atoms with E-state index in [2.05, 4.69) is 15.4 Å². The molecule has 160 valence electrons. The van der Waals surface area contributed by atoms with Gasteiger partial charge in [-0.15, -0.1) is 0 Å². The zero-order chi connectivity index (χ0) is 22.1. The Morgan fingerprint density at radius 3 is 2.13 bits per heavy atom. The van der Waals surface area contributed by atoms with Crippen LogP contribution in [-0.4, -0.2) is 33.4 Å². The van der Waals surface area contributed by atoms with Crippen LogP contribution in [0.4, 0.5) is 11.4 Å². The number of sulfonamides is 1. The van der Waals surface area contributed by atoms with Crippen LogP contribution in [0.3, 0.4) is 0 Å². The number of hydrogen-bond acceptors (Lipinski definition) is 5. The maximum Gasteiger partial charge on any atom is 0.261 e. The second-order valence-electron chi connectivity index (χ2n) is 6.43. The lowest BCUT2D eigenvalue weighted by atomic mass is 10.3. The van der Waals surface area contributed by atoms with Crippen molar-refractivity contribution >= 4 is 33.2 Å². The number of carbonyl (C=O) groups is 2. The van der Waals surface area contributed by atoms with Crippen LogP contribution in [0.2, 0.25) is 0 Å². The Bertz CT molecular complexity index is 1140. The normalized spacial score (nSPS) is 10.7. The molecule has 0 aliphatic heterocycles. The van der Waals surface area contributed by atoms with Gasteiger partial charge in [-0.1, -0.05) is 42.5 Å². The second-order valence-corrected chi connectivity index (χ2v) is 8.11. The first-order chi connectivity index (χ1) is 14.9. The molecule has 2 amide bonds. The predicted molar refractivity (Wildman–Crippen MR) is 117 cm³/mol. The van der Waals surface area contributed by atoms with Gasteiger partial charge in [0.2, 0.25) is 5.91 Å². The predicted octanol–water partition coefficient (Wildman–Crippen LogP) is 2.62. The van der Waals surface area contributed by atoms with Gasteiger partial charge >= 0.3 is 0 Å². The highest BCUT2D eigenvalue weighted by Gasteiger charge is 2.14. The molecule has 31 heavy (non-hydrogen) atoms. The first kappa shape index (κ1) is 21.8. The molecule has 0 fully saturated rings. The molecule has 3 N–H and O–H groups in total. The van der Waals surface area contributed by atoms with Gasteiger partial charge in [-0.3, -0.25) is 14.3 Å². The summed E-state index contributed by atoms with van der Waals surface area (Å²) in [5.74, 6) is -0.351. The van der Waals surface area contributed by atoms with Crippen molar-refractivity contribution in [2.75, 3.05) is 23.2 Å². The number of benzene rings is 3. The highest BCUT2D eigenvalue weighted by molar-refractivity contribution is 7.92. The molecule has 3 aromatic carbocycles. The van der Waals surface area contributed by atoms with E-state index < -0.39 is 21.8 Å². The molecular formula is C22H21N3O5S. The highest BCUT2D eigenvalue weighted by Crippen LogP contribution is 2.19. The standard InChI is InChI=1S/C22H21N3O5S/c26-21(15-23-22(27)16-30-19-10-3-1-4-11-19)24-17-8-7-9-18(14-17)25-31(28,29)20-12-5-2-6-13-20/h1-14,25H,15-16H2,(H,23,27)(H,24,26). The summed E-state index contributed by atoms with van der Waals surface area (Å²) in [4.78, 5) is 24.1. The summed E-state index contributed by atoms with van der Waals surface area (Å²) >= 11 is 0. The Balaban J connectivity index is 1.50. The molecule has 8 nitrogen and oxygen atoms in total. The summed E-state index contributed by atoms with van der Waals surface area (Å²) in [6.45, 7) is -0.467. The molecule has 0 atom stereocenters. The third kappa shape index (κ3) is 6.86. The Hall–Kier alpha value is -3.85. The van der Waals surface area contributed by atoms with Crippen LogP contribution in [0.1, 0.15) is 0 Å². The lowest BCUT2D eigenvalue weighted by Gasteiger charge is -2.11. The molecule has 0 heterocycles. The summed E-state index contributed by atoms with van der Waals surface area (Å²) in [6.07, 6.45) is 0. The van der Waals surface area contributed by atoms with Crippen molar-refractivity contribution in [1.29, 1.82) is 0 Å². The molecular weight excluding hydrogens is 418 g/mol. The molecule has 3 rings (SSSR count). The largest absolute Gasteiger partial charge is 0.484 e. The number of rotatable bonds is 9. The third-order valence-electron chi connectivity index (χ3n) is 4.01. The van der Waals surface area contributed by atoms with Gasteiger partial charge in [0.15, 0.2) is 6.61 Å². The molecule has 0 unspecified atom stereocenters. The average Bonchev–Trinajstić information content (AvgIpc) is 2.77. The summed E-state index contributed by atoms with van der Waals surface area (Å²) in [6, 6.07) is 23.1. The minimum atomic E-state index is -3.74. The Morgan fingerprint density at radius 1 is 0.774 bits per heavy atom. The average molecular weight is 439 g/mol. The molecule has 9 heteroatoms. The number of nitrogens with one attached hydrogen (secondary N) is 3. The van der Waals surface area contributed by atoms with Gasteiger partial charge in [0, 0.05) is 5.69 Å². The van der Waals surface area contributed by atoms with Crippen molar-refractivity contribution in [1.82, 2.24) is 5.32 Å². The monoisotopic (exact) mass is 439 g/mol. The van der Waals surface area contributed by atoms with Gasteiger partial charge in [0.1, 0.15) is 5.75 Å². The van der Waals surface area contributed by atoms with Gasteiger partial charge in [0.25, 0.3) is 15.9 Å². The number of amides is 2. The van der Waals surface area contributed by atoms with Crippen molar-refractivity contribution in [3.8, 4) is 5.75 Å². The minimum absolute atomic E-state index is 0.130. The fourth-order valence-electron chi connectivity index (χ4n) is 2.57. The fraction of sp³-hybridized carbons (Fsp3) is 0.0909. The number of carbonyl (C=O) groups excluding carboxylic acids is 2. The van der Waals surface area contributed by atoms with Crippen molar-refractivity contribution in [2.45, 2.75) is 4.90 Å². The highest BCUT2D eigenvalue weighted by atomic mass is 32.2. The van der Waals surface area contributed by atoms with Gasteiger partial charge < -0.3 is 15.4 Å². The van der Waals surface area contributed by atoms with Crippen molar-refractivity contribution in [2.24, 2.45) is 0 Å². The third-order valence-corrected chi connectivity index (χ3v) is 5.41. The van der Waals surface area contributed by atoms with E-state index in [1.807, 2.05) is 6.07 Å². The summed E-state index contributed by atoms with van der Waals surface area (Å²) in [7, 11) is -3.74. The molecule has 0 saturated heterocycles. The molecule has 0 spiro atoms. The zero-order valence-electron chi connectivity index (χ0n) is 16.4. The Labute approximate surface area is 180 Å². The molecule has 0 bridgehead atoms. The topological polar surface area (TPSA) is 114 Å². The van der Waals surface area contributed by atoms with E-state index in [0.717, 1.165) is 0 Å². The molecule has 0 saturated carbocycles. The lowest BCUT2D eigenvalue weighted by molar-refractivity contribution is -0.125. The van der Waals surface area contributed by atoms with Gasteiger partial charge in [-0.05, 0) is 42.5 Å². The van der Waals surface area contributed by atoms with Gasteiger partial charge in [-0.25, -0.2) is 8.42 Å². The van der Waals surface area contributed by atoms with E-state index in [1.165, 1.54) is 18.2 Å². The van der Waals surface area contributed by atoms with Crippen molar-refractivity contribution in [3.05, 3.63) is 84.9 Å². The van der Waals surface area contributed by atoms with Crippen LogP contribution in [-0.2, 0) is 19.6 Å². The van der Waals surface area contributed by atoms with Crippen molar-refractivity contribution in [3.63, 3.8) is 0 Å². The molecule has 0 radical (unpaired) electrons. The number of anilines is 2. The van der Waals surface area contributed by atoms with E-state index in [0.29, 0.717) is 17.1 Å². The smallest absolute Gasteiger partial charge is 0.261 e. The Morgan fingerprint density at radius 2 is 1.42 bits per heavy atom. The fourth-order valence-corrected chi connectivity index (χ4v) is 3.65. The lowest BCUT2D eigenvalue weighted by Crippen LogP contribution is -2.35. The minimum Gasteiger partial charge on any atom is -0.484 e. The first-order valence-electron chi connectivity index (χ1n) is 9.35. The van der Waals surface area contributed by atoms with Gasteiger partial charge in [0.05, 0.1) is 17.1 Å². The number of para-hydroxylation sites is 1. The zero-order valence-corrected chi connectivity index (χ0v) is 17.3. The van der Waals surface area contributed by atoms with Crippen LogP contribution >= 0.6 is 0 Å². The van der Waals surface area contributed by atoms with E-state index in [1.54, 1.807) is 60.7 Å². The van der Waals surface area contributed by atoms with Crippen LogP contribution < -0.4 is 20.1 Å². The molecule has 0 aromatic heterocycles. The van der Waals surface area contributed by atoms with Crippen LogP contribution in [0.25, 0.3) is 0 Å².